The predicted octanol–water partition coefficient (Wildman–Crippen LogP) is 6.18. The van der Waals surface area contributed by atoms with Crippen molar-refractivity contribution in [3.63, 3.8) is 0 Å². The van der Waals surface area contributed by atoms with Crippen LogP contribution in [0.5, 0.6) is 0 Å². The van der Waals surface area contributed by atoms with E-state index in [2.05, 4.69) is 34.9 Å². The molecule has 0 heterocycles. The molecule has 0 aliphatic heterocycles. The number of nitrogens with one attached hydrogen (secondary N) is 2. The maximum atomic E-state index is 13.0. The monoisotopic (exact) mass is 540 g/mol. The predicted molar refractivity (Wildman–Crippen MR) is 146 cm³/mol. The topological polar surface area (TPSA) is 95.1 Å². The Balaban J connectivity index is 2.27. The van der Waals surface area contributed by atoms with Gasteiger partial charge in [-0.15, -0.1) is 0 Å². The van der Waals surface area contributed by atoms with Gasteiger partial charge in [0.1, 0.15) is 0 Å². The molecule has 0 amide bonds. The van der Waals surface area contributed by atoms with Gasteiger partial charge in [0.05, 0.1) is 50.8 Å². The number of benzene rings is 2. The molecule has 0 aromatic heterocycles. The molecule has 0 radical (unpaired) electrons. The van der Waals surface area contributed by atoms with E-state index in [0.717, 1.165) is 11.1 Å². The lowest BCUT2D eigenvalue weighted by Crippen LogP contribution is -2.38. The van der Waals surface area contributed by atoms with Gasteiger partial charge < -0.3 is 28.7 Å². The summed E-state index contributed by atoms with van der Waals surface area (Å²) in [5.74, 6) is 0. The van der Waals surface area contributed by atoms with Gasteiger partial charge in [-0.25, -0.2) is 0 Å². The summed E-state index contributed by atoms with van der Waals surface area (Å²) in [7, 11) is -6.36. The van der Waals surface area contributed by atoms with Gasteiger partial charge in [0.15, 0.2) is 0 Å². The van der Waals surface area contributed by atoms with Crippen molar-refractivity contribution in [3.05, 3.63) is 71.8 Å². The van der Waals surface area contributed by atoms with Crippen LogP contribution in [0.15, 0.2) is 60.7 Å². The van der Waals surface area contributed by atoms with Crippen LogP contribution in [0.25, 0.3) is 0 Å². The number of hydrogen-bond acceptors (Lipinski definition) is 8. The zero-order valence-electron chi connectivity index (χ0n) is 21.9. The highest BCUT2D eigenvalue weighted by molar-refractivity contribution is 7.54. The summed E-state index contributed by atoms with van der Waals surface area (Å²) in [6.45, 7) is 9.40. The van der Waals surface area contributed by atoms with Crippen molar-refractivity contribution in [2.75, 3.05) is 51.8 Å². The molecule has 8 nitrogen and oxygen atoms in total. The first-order chi connectivity index (χ1) is 17.4. The van der Waals surface area contributed by atoms with Crippen LogP contribution in [0.4, 0.5) is 0 Å². The maximum Gasteiger partial charge on any atom is 0.331 e. The molecule has 2 N–H and O–H groups in total. The van der Waals surface area contributed by atoms with E-state index in [9.17, 15) is 9.13 Å². The molecule has 0 aliphatic carbocycles. The third-order valence-corrected chi connectivity index (χ3v) is 9.60. The SMILES string of the molecule is CCOP(=O)(CCNC(c1ccccc1)C(NCCP(=O)(OCC)OCC)c1ccccc1)OCC. The molecule has 0 aliphatic rings. The first kappa shape index (κ1) is 30.9. The summed E-state index contributed by atoms with van der Waals surface area (Å²) < 4.78 is 47.9. The van der Waals surface area contributed by atoms with Crippen molar-refractivity contribution < 1.29 is 27.2 Å². The van der Waals surface area contributed by atoms with Gasteiger partial charge in [0, 0.05) is 13.1 Å². The fraction of sp³-hybridized carbons (Fsp3) is 0.538. The minimum absolute atomic E-state index is 0.163. The summed E-state index contributed by atoms with van der Waals surface area (Å²) in [5.41, 5.74) is 2.14. The van der Waals surface area contributed by atoms with Crippen molar-refractivity contribution >= 4 is 15.2 Å². The Morgan fingerprint density at radius 3 is 1.17 bits per heavy atom. The van der Waals surface area contributed by atoms with Gasteiger partial charge in [0.2, 0.25) is 0 Å². The van der Waals surface area contributed by atoms with Gasteiger partial charge in [-0.2, -0.15) is 0 Å². The number of hydrogen-bond donors (Lipinski definition) is 2. The summed E-state index contributed by atoms with van der Waals surface area (Å²) in [6, 6.07) is 19.9. The first-order valence-electron chi connectivity index (χ1n) is 12.7. The van der Waals surface area contributed by atoms with Crippen molar-refractivity contribution in [3.8, 4) is 0 Å². The van der Waals surface area contributed by atoms with Crippen molar-refractivity contribution in [2.45, 2.75) is 39.8 Å². The number of rotatable bonds is 19. The highest BCUT2D eigenvalue weighted by atomic mass is 31.2. The molecule has 2 aromatic carbocycles. The van der Waals surface area contributed by atoms with E-state index in [1.54, 1.807) is 0 Å². The van der Waals surface area contributed by atoms with Gasteiger partial charge in [0.25, 0.3) is 0 Å². The minimum Gasteiger partial charge on any atom is -0.309 e. The van der Waals surface area contributed by atoms with Crippen LogP contribution < -0.4 is 10.6 Å². The van der Waals surface area contributed by atoms with E-state index in [-0.39, 0.29) is 24.4 Å². The molecule has 0 saturated carbocycles. The molecule has 10 heteroatoms. The molecule has 2 rings (SSSR count). The maximum absolute atomic E-state index is 13.0. The van der Waals surface area contributed by atoms with E-state index >= 15 is 0 Å². The highest BCUT2D eigenvalue weighted by Crippen LogP contribution is 2.48. The third-order valence-electron chi connectivity index (χ3n) is 5.45. The van der Waals surface area contributed by atoms with Crippen LogP contribution in [0.3, 0.4) is 0 Å². The standard InChI is InChI=1S/C26H42N2O6P2/c1-5-31-35(29,32-6-2)21-19-27-25(23-15-11-9-12-16-23)26(24-17-13-10-14-18-24)28-20-22-36(30,33-7-3)34-8-4/h9-18,25-28H,5-8,19-22H2,1-4H3. The lowest BCUT2D eigenvalue weighted by Gasteiger charge is -2.31. The fourth-order valence-electron chi connectivity index (χ4n) is 4.01. The lowest BCUT2D eigenvalue weighted by atomic mass is 9.93. The van der Waals surface area contributed by atoms with Crippen molar-refractivity contribution in [1.29, 1.82) is 0 Å². The van der Waals surface area contributed by atoms with Crippen LogP contribution in [-0.4, -0.2) is 51.8 Å². The van der Waals surface area contributed by atoms with Crippen molar-refractivity contribution in [1.82, 2.24) is 10.6 Å². The van der Waals surface area contributed by atoms with Crippen LogP contribution >= 0.6 is 15.2 Å². The molecule has 0 bridgehead atoms. The molecule has 0 fully saturated rings. The van der Waals surface area contributed by atoms with E-state index in [1.807, 2.05) is 64.1 Å². The van der Waals surface area contributed by atoms with Crippen LogP contribution in [0.2, 0.25) is 0 Å². The van der Waals surface area contributed by atoms with Gasteiger partial charge in [-0.1, -0.05) is 60.7 Å². The largest absolute Gasteiger partial charge is 0.331 e. The summed E-state index contributed by atoms with van der Waals surface area (Å²) in [5, 5.41) is 7.16. The van der Waals surface area contributed by atoms with E-state index in [1.165, 1.54) is 0 Å². The van der Waals surface area contributed by atoms with Gasteiger partial charge in [-0.3, -0.25) is 9.13 Å². The third kappa shape index (κ3) is 10.2. The first-order valence-corrected chi connectivity index (χ1v) is 16.2. The molecule has 202 valence electrons. The van der Waals surface area contributed by atoms with E-state index < -0.39 is 15.2 Å². The van der Waals surface area contributed by atoms with E-state index in [4.69, 9.17) is 18.1 Å². The molecule has 2 atom stereocenters. The summed E-state index contributed by atoms with van der Waals surface area (Å²) >= 11 is 0. The quantitative estimate of drug-likeness (QED) is 0.204. The van der Waals surface area contributed by atoms with E-state index in [0.29, 0.717) is 39.5 Å². The Hall–Kier alpha value is -1.34. The smallest absolute Gasteiger partial charge is 0.309 e. The molecule has 0 saturated heterocycles. The average molecular weight is 541 g/mol. The van der Waals surface area contributed by atoms with Gasteiger partial charge in [-0.05, 0) is 38.8 Å². The fourth-order valence-corrected chi connectivity index (χ4v) is 7.06. The second-order valence-electron chi connectivity index (χ2n) is 8.03. The van der Waals surface area contributed by atoms with Crippen LogP contribution in [0, 0.1) is 0 Å². The Morgan fingerprint density at radius 2 is 0.889 bits per heavy atom. The Bertz CT molecular complexity index is 850. The second-order valence-corrected chi connectivity index (χ2v) is 12.4. The average Bonchev–Trinajstić information content (AvgIpc) is 2.87. The zero-order chi connectivity index (χ0) is 26.3. The molecule has 0 spiro atoms. The molecule has 2 aromatic rings. The molecule has 36 heavy (non-hydrogen) atoms. The molecular formula is C26H42N2O6P2. The summed E-state index contributed by atoms with van der Waals surface area (Å²) in [4.78, 5) is 0. The van der Waals surface area contributed by atoms with Gasteiger partial charge >= 0.3 is 15.2 Å². The van der Waals surface area contributed by atoms with Crippen LogP contribution in [-0.2, 0) is 27.2 Å². The highest BCUT2D eigenvalue weighted by Gasteiger charge is 2.29. The van der Waals surface area contributed by atoms with Crippen molar-refractivity contribution in [2.24, 2.45) is 0 Å². The normalized spacial score (nSPS) is 14.0. The Morgan fingerprint density at radius 1 is 0.583 bits per heavy atom. The minimum atomic E-state index is -3.18. The Labute approximate surface area is 216 Å². The summed E-state index contributed by atoms with van der Waals surface area (Å²) in [6.07, 6.45) is 0.507. The van der Waals surface area contributed by atoms with Crippen LogP contribution in [0.1, 0.15) is 50.9 Å². The second kappa shape index (κ2) is 16.5. The Kier molecular flexibility index (Phi) is 14.1. The molecule has 2 unspecified atom stereocenters. The molecular weight excluding hydrogens is 498 g/mol. The lowest BCUT2D eigenvalue weighted by molar-refractivity contribution is 0.217. The zero-order valence-corrected chi connectivity index (χ0v) is 23.7.